The van der Waals surface area contributed by atoms with Crippen molar-refractivity contribution < 1.29 is 23.2 Å². The first-order chi connectivity index (χ1) is 16.7. The number of carbonyl (C=O) groups is 2. The fraction of sp³-hybridized carbons (Fsp3) is 0.185. The van der Waals surface area contributed by atoms with Crippen LogP contribution in [0.4, 0.5) is 5.69 Å². The van der Waals surface area contributed by atoms with Crippen molar-refractivity contribution in [1.82, 2.24) is 5.32 Å². The summed E-state index contributed by atoms with van der Waals surface area (Å²) < 4.78 is 16.0. The minimum atomic E-state index is -0.321. The summed E-state index contributed by atoms with van der Waals surface area (Å²) in [5, 5.41) is 5.54. The van der Waals surface area contributed by atoms with Gasteiger partial charge in [-0.3, -0.25) is 9.59 Å². The van der Waals surface area contributed by atoms with Gasteiger partial charge in [0, 0.05) is 12.2 Å². The second kappa shape index (κ2) is 14.0. The van der Waals surface area contributed by atoms with E-state index in [0.717, 1.165) is 5.56 Å². The number of rotatable bonds is 7. The van der Waals surface area contributed by atoms with Gasteiger partial charge in [-0.2, -0.15) is 0 Å². The van der Waals surface area contributed by atoms with Crippen molar-refractivity contribution in [3.05, 3.63) is 102 Å². The lowest BCUT2D eigenvalue weighted by Gasteiger charge is -2.09. The number of furan rings is 2. The van der Waals surface area contributed by atoms with Crippen LogP contribution < -0.4 is 15.4 Å². The summed E-state index contributed by atoms with van der Waals surface area (Å²) in [6, 6.07) is 20.9. The highest BCUT2D eigenvalue weighted by atomic mass is 16.5. The summed E-state index contributed by atoms with van der Waals surface area (Å²) in [7, 11) is 0. The van der Waals surface area contributed by atoms with Crippen molar-refractivity contribution >= 4 is 17.5 Å². The lowest BCUT2D eigenvalue weighted by molar-refractivity contribution is 0.0922. The molecule has 0 saturated carbocycles. The molecule has 0 aliphatic rings. The van der Waals surface area contributed by atoms with E-state index in [1.165, 1.54) is 12.5 Å². The topological polar surface area (TPSA) is 93.7 Å². The molecule has 2 N–H and O–H groups in total. The molecule has 0 aliphatic heterocycles. The molecule has 34 heavy (non-hydrogen) atoms. The Kier molecular flexibility index (Phi) is 10.7. The van der Waals surface area contributed by atoms with Crippen molar-refractivity contribution in [1.29, 1.82) is 0 Å². The Hall–Kier alpha value is -4.26. The first kappa shape index (κ1) is 26.0. The molecule has 2 aromatic carbocycles. The Morgan fingerprint density at radius 1 is 0.735 bits per heavy atom. The van der Waals surface area contributed by atoms with E-state index in [-0.39, 0.29) is 23.3 Å². The first-order valence-electron chi connectivity index (χ1n) is 11.2. The molecule has 0 saturated heterocycles. The highest BCUT2D eigenvalue weighted by molar-refractivity contribution is 6.02. The van der Waals surface area contributed by atoms with Gasteiger partial charge in [-0.25, -0.2) is 0 Å². The Balaban J connectivity index is 0.000000970. The molecule has 0 radical (unpaired) electrons. The highest BCUT2D eigenvalue weighted by Crippen LogP contribution is 2.24. The quantitative estimate of drug-likeness (QED) is 0.312. The summed E-state index contributed by atoms with van der Waals surface area (Å²) in [5.41, 5.74) is 1.51. The number of nitrogens with one attached hydrogen (secondary N) is 2. The molecule has 2 heterocycles. The van der Waals surface area contributed by atoms with Crippen LogP contribution in [0.5, 0.6) is 11.5 Å². The zero-order valence-corrected chi connectivity index (χ0v) is 19.8. The highest BCUT2D eigenvalue weighted by Gasteiger charge is 2.09. The molecule has 0 fully saturated rings. The average Bonchev–Trinajstić information content (AvgIpc) is 3.62. The molecule has 0 atom stereocenters. The summed E-state index contributed by atoms with van der Waals surface area (Å²) in [6.45, 7) is 8.34. The number of carbonyl (C=O) groups excluding carboxylic acids is 2. The second-order valence-electron chi connectivity index (χ2n) is 6.37. The number of hydrogen-bond donors (Lipinski definition) is 2. The maximum absolute atomic E-state index is 12.0. The number of benzene rings is 2. The van der Waals surface area contributed by atoms with Gasteiger partial charge >= 0.3 is 0 Å². The van der Waals surface area contributed by atoms with Crippen LogP contribution in [-0.4, -0.2) is 11.8 Å². The van der Waals surface area contributed by atoms with Crippen LogP contribution >= 0.6 is 0 Å². The van der Waals surface area contributed by atoms with Crippen LogP contribution in [0.25, 0.3) is 0 Å². The Morgan fingerprint density at radius 3 is 1.94 bits per heavy atom. The summed E-state index contributed by atoms with van der Waals surface area (Å²) in [4.78, 5) is 24.0. The molecule has 4 rings (SSSR count). The second-order valence-corrected chi connectivity index (χ2v) is 6.37. The van der Waals surface area contributed by atoms with Crippen LogP contribution in [-0.2, 0) is 6.54 Å². The summed E-state index contributed by atoms with van der Waals surface area (Å²) in [5.74, 6) is 1.15. The van der Waals surface area contributed by atoms with E-state index in [4.69, 9.17) is 13.6 Å². The molecule has 0 unspecified atom stereocenters. The van der Waals surface area contributed by atoms with Gasteiger partial charge in [0.1, 0.15) is 11.5 Å². The lowest BCUT2D eigenvalue weighted by Crippen LogP contribution is -2.22. The van der Waals surface area contributed by atoms with Crippen LogP contribution in [0, 0.1) is 0 Å². The van der Waals surface area contributed by atoms with E-state index in [1.807, 2.05) is 52.0 Å². The molecular formula is C27H30N2O5. The normalized spacial score (nSPS) is 9.53. The molecule has 0 spiro atoms. The van der Waals surface area contributed by atoms with Gasteiger partial charge in [0.25, 0.3) is 11.8 Å². The summed E-state index contributed by atoms with van der Waals surface area (Å²) in [6.07, 6.45) is 2.90. The number of anilines is 1. The molecular weight excluding hydrogens is 432 g/mol. The van der Waals surface area contributed by atoms with E-state index >= 15 is 0 Å². The smallest absolute Gasteiger partial charge is 0.291 e. The van der Waals surface area contributed by atoms with E-state index in [2.05, 4.69) is 10.6 Å². The average molecular weight is 463 g/mol. The molecule has 7 nitrogen and oxygen atoms in total. The fourth-order valence-corrected chi connectivity index (χ4v) is 2.74. The van der Waals surface area contributed by atoms with Gasteiger partial charge in [-0.1, -0.05) is 39.8 Å². The van der Waals surface area contributed by atoms with E-state index in [0.29, 0.717) is 23.7 Å². The standard InChI is InChI=1S/C23H18N2O5.2C2H6/c26-22(20-6-2-12-28-20)24-15-16-4-1-5-19(14-16)30-18-10-8-17(9-11-18)25-23(27)21-7-3-13-29-21;2*1-2/h1-14H,15H2,(H,24,26)(H,25,27);2*1-2H3. The minimum Gasteiger partial charge on any atom is -0.459 e. The Bertz CT molecular complexity index is 1120. The van der Waals surface area contributed by atoms with Gasteiger partial charge in [-0.05, 0) is 66.2 Å². The molecule has 178 valence electrons. The Morgan fingerprint density at radius 2 is 1.35 bits per heavy atom. The van der Waals surface area contributed by atoms with E-state index in [9.17, 15) is 9.59 Å². The largest absolute Gasteiger partial charge is 0.459 e. The van der Waals surface area contributed by atoms with Crippen LogP contribution in [0.2, 0.25) is 0 Å². The predicted octanol–water partition coefficient (Wildman–Crippen LogP) is 6.90. The van der Waals surface area contributed by atoms with Gasteiger partial charge in [0.05, 0.1) is 12.5 Å². The van der Waals surface area contributed by atoms with E-state index in [1.54, 1.807) is 48.5 Å². The van der Waals surface area contributed by atoms with Crippen LogP contribution in [0.3, 0.4) is 0 Å². The molecule has 2 amide bonds. The van der Waals surface area contributed by atoms with Crippen molar-refractivity contribution in [3.63, 3.8) is 0 Å². The first-order valence-corrected chi connectivity index (χ1v) is 11.2. The molecule has 0 bridgehead atoms. The lowest BCUT2D eigenvalue weighted by atomic mass is 10.2. The number of hydrogen-bond acceptors (Lipinski definition) is 5. The van der Waals surface area contributed by atoms with Crippen molar-refractivity contribution in [2.24, 2.45) is 0 Å². The zero-order chi connectivity index (χ0) is 24.8. The fourth-order valence-electron chi connectivity index (χ4n) is 2.74. The monoisotopic (exact) mass is 462 g/mol. The molecule has 0 aliphatic carbocycles. The molecule has 4 aromatic rings. The SMILES string of the molecule is CC.CC.O=C(NCc1cccc(Oc2ccc(NC(=O)c3ccco3)cc2)c1)c1ccco1. The van der Waals surface area contributed by atoms with Gasteiger partial charge < -0.3 is 24.2 Å². The summed E-state index contributed by atoms with van der Waals surface area (Å²) >= 11 is 0. The van der Waals surface area contributed by atoms with Crippen LogP contribution in [0.15, 0.2) is 94.2 Å². The van der Waals surface area contributed by atoms with Gasteiger partial charge in [0.15, 0.2) is 11.5 Å². The predicted molar refractivity (Wildman–Crippen MR) is 132 cm³/mol. The maximum atomic E-state index is 12.0. The Labute approximate surface area is 199 Å². The maximum Gasteiger partial charge on any atom is 0.291 e. The molecule has 2 aromatic heterocycles. The van der Waals surface area contributed by atoms with Gasteiger partial charge in [-0.15, -0.1) is 0 Å². The van der Waals surface area contributed by atoms with Crippen molar-refractivity contribution in [2.45, 2.75) is 34.2 Å². The number of amides is 2. The number of ether oxygens (including phenoxy) is 1. The third-order valence-electron chi connectivity index (χ3n) is 4.19. The molecule has 7 heteroatoms. The van der Waals surface area contributed by atoms with E-state index < -0.39 is 0 Å². The minimum absolute atomic E-state index is 0.242. The third kappa shape index (κ3) is 7.70. The third-order valence-corrected chi connectivity index (χ3v) is 4.19. The zero-order valence-electron chi connectivity index (χ0n) is 19.8. The van der Waals surface area contributed by atoms with Crippen molar-refractivity contribution in [2.75, 3.05) is 5.32 Å². The van der Waals surface area contributed by atoms with Crippen molar-refractivity contribution in [3.8, 4) is 11.5 Å². The van der Waals surface area contributed by atoms with Gasteiger partial charge in [0.2, 0.25) is 0 Å². The van der Waals surface area contributed by atoms with Crippen LogP contribution in [0.1, 0.15) is 54.4 Å².